The number of anilines is 3. The molecule has 2 N–H and O–H groups in total. The highest BCUT2D eigenvalue weighted by Gasteiger charge is 2.38. The zero-order valence-corrected chi connectivity index (χ0v) is 20.1. The van der Waals surface area contributed by atoms with Crippen LogP contribution in [0.4, 0.5) is 43.5 Å². The second kappa shape index (κ2) is 9.93. The van der Waals surface area contributed by atoms with Crippen molar-refractivity contribution in [3.8, 4) is 11.3 Å². The molecule has 0 amide bonds. The van der Waals surface area contributed by atoms with Gasteiger partial charge in [-0.25, -0.2) is 23.4 Å². The normalized spacial score (nSPS) is 12.3. The van der Waals surface area contributed by atoms with E-state index in [0.29, 0.717) is 28.3 Å². The number of sulfonamides is 1. The summed E-state index contributed by atoms with van der Waals surface area (Å²) in [5.41, 5.74) is -1.43. The standard InChI is InChI=1S/C24H17F6N5O2S/c1-14-4-5-17(12-21(14)34-22-19(3-2-7-32-22)20-6-8-31-13-33-20)35-38(36,37)18-10-15(23(25,26)27)9-16(11-18)24(28,29)30/h2-13,35H,1H3,(H,32,34). The van der Waals surface area contributed by atoms with E-state index in [4.69, 9.17) is 0 Å². The van der Waals surface area contributed by atoms with Crippen LogP contribution in [0, 0.1) is 6.92 Å². The number of aryl methyl sites for hydroxylation is 1. The minimum absolute atomic E-state index is 0.108. The second-order valence-electron chi connectivity index (χ2n) is 8.00. The first-order valence-electron chi connectivity index (χ1n) is 10.7. The number of benzene rings is 2. The van der Waals surface area contributed by atoms with Gasteiger partial charge in [-0.05, 0) is 61.0 Å². The van der Waals surface area contributed by atoms with Gasteiger partial charge in [0.1, 0.15) is 12.1 Å². The largest absolute Gasteiger partial charge is 0.416 e. The molecule has 38 heavy (non-hydrogen) atoms. The molecule has 0 aliphatic rings. The van der Waals surface area contributed by atoms with Crippen LogP contribution < -0.4 is 10.0 Å². The van der Waals surface area contributed by atoms with Gasteiger partial charge in [-0.15, -0.1) is 0 Å². The number of rotatable bonds is 6. The van der Waals surface area contributed by atoms with Crippen molar-refractivity contribution in [3.63, 3.8) is 0 Å². The average Bonchev–Trinajstić information content (AvgIpc) is 2.85. The Labute approximate surface area is 212 Å². The SMILES string of the molecule is Cc1ccc(NS(=O)(=O)c2cc(C(F)(F)F)cc(C(F)(F)F)c2)cc1Nc1ncccc1-c1ccncn1. The number of hydrogen-bond acceptors (Lipinski definition) is 6. The lowest BCUT2D eigenvalue weighted by Gasteiger charge is -2.16. The van der Waals surface area contributed by atoms with Gasteiger partial charge in [0.05, 0.1) is 27.4 Å². The molecule has 0 saturated carbocycles. The van der Waals surface area contributed by atoms with E-state index < -0.39 is 38.4 Å². The van der Waals surface area contributed by atoms with Gasteiger partial charge >= 0.3 is 12.4 Å². The van der Waals surface area contributed by atoms with E-state index in [0.717, 1.165) is 0 Å². The van der Waals surface area contributed by atoms with Gasteiger partial charge in [0.15, 0.2) is 0 Å². The van der Waals surface area contributed by atoms with E-state index in [1.54, 1.807) is 25.1 Å². The van der Waals surface area contributed by atoms with Gasteiger partial charge in [0, 0.05) is 23.6 Å². The topological polar surface area (TPSA) is 96.9 Å². The molecule has 4 rings (SSSR count). The Morgan fingerprint density at radius 1 is 0.816 bits per heavy atom. The Morgan fingerprint density at radius 2 is 1.50 bits per heavy atom. The average molecular weight is 553 g/mol. The zero-order chi connectivity index (χ0) is 27.7. The van der Waals surface area contributed by atoms with Crippen LogP contribution in [-0.4, -0.2) is 23.4 Å². The van der Waals surface area contributed by atoms with E-state index in [1.807, 2.05) is 4.72 Å². The maximum absolute atomic E-state index is 13.2. The molecule has 0 atom stereocenters. The summed E-state index contributed by atoms with van der Waals surface area (Å²) in [7, 11) is -4.84. The first-order valence-corrected chi connectivity index (χ1v) is 12.1. The molecular weight excluding hydrogens is 536 g/mol. The van der Waals surface area contributed by atoms with Crippen molar-refractivity contribution in [1.29, 1.82) is 0 Å². The van der Waals surface area contributed by atoms with Gasteiger partial charge in [0.25, 0.3) is 10.0 Å². The van der Waals surface area contributed by atoms with Crippen molar-refractivity contribution < 1.29 is 34.8 Å². The van der Waals surface area contributed by atoms with Crippen LogP contribution in [0.2, 0.25) is 0 Å². The molecule has 2 aromatic carbocycles. The third kappa shape index (κ3) is 6.02. The van der Waals surface area contributed by atoms with Crippen LogP contribution in [0.15, 0.2) is 78.2 Å². The molecule has 4 aromatic rings. The smallest absolute Gasteiger partial charge is 0.339 e. The zero-order valence-electron chi connectivity index (χ0n) is 19.3. The first-order chi connectivity index (χ1) is 17.7. The van der Waals surface area contributed by atoms with Crippen molar-refractivity contribution in [1.82, 2.24) is 15.0 Å². The molecule has 2 aromatic heterocycles. The van der Waals surface area contributed by atoms with Crippen LogP contribution in [0.1, 0.15) is 16.7 Å². The fourth-order valence-corrected chi connectivity index (χ4v) is 4.52. The van der Waals surface area contributed by atoms with Gasteiger partial charge in [-0.2, -0.15) is 26.3 Å². The van der Waals surface area contributed by atoms with Gasteiger partial charge < -0.3 is 5.32 Å². The van der Waals surface area contributed by atoms with E-state index in [9.17, 15) is 34.8 Å². The number of hydrogen-bond donors (Lipinski definition) is 2. The van der Waals surface area contributed by atoms with Gasteiger partial charge in [-0.1, -0.05) is 6.07 Å². The number of aromatic nitrogens is 3. The summed E-state index contributed by atoms with van der Waals surface area (Å²) in [6.45, 7) is 1.70. The molecule has 0 saturated heterocycles. The summed E-state index contributed by atoms with van der Waals surface area (Å²) in [6, 6.07) is 9.40. The van der Waals surface area contributed by atoms with Crippen molar-refractivity contribution in [2.24, 2.45) is 0 Å². The molecule has 0 spiro atoms. The molecule has 0 bridgehead atoms. The second-order valence-corrected chi connectivity index (χ2v) is 9.68. The Balaban J connectivity index is 1.69. The summed E-state index contributed by atoms with van der Waals surface area (Å²) in [6.07, 6.45) is -5.99. The fourth-order valence-electron chi connectivity index (χ4n) is 3.40. The molecule has 0 radical (unpaired) electrons. The van der Waals surface area contributed by atoms with E-state index in [-0.39, 0.29) is 23.9 Å². The summed E-state index contributed by atoms with van der Waals surface area (Å²) < 4.78 is 107. The summed E-state index contributed by atoms with van der Waals surface area (Å²) >= 11 is 0. The lowest BCUT2D eigenvalue weighted by atomic mass is 10.1. The molecule has 14 heteroatoms. The highest BCUT2D eigenvalue weighted by atomic mass is 32.2. The molecule has 0 aliphatic heterocycles. The molecule has 0 aliphatic carbocycles. The van der Waals surface area contributed by atoms with Crippen LogP contribution in [0.3, 0.4) is 0 Å². The van der Waals surface area contributed by atoms with Crippen LogP contribution in [0.25, 0.3) is 11.3 Å². The highest BCUT2D eigenvalue weighted by Crippen LogP contribution is 2.38. The fraction of sp³-hybridized carbons (Fsp3) is 0.125. The quantitative estimate of drug-likeness (QED) is 0.267. The molecule has 7 nitrogen and oxygen atoms in total. The Bertz CT molecular complexity index is 1540. The number of halogens is 6. The van der Waals surface area contributed by atoms with Crippen LogP contribution >= 0.6 is 0 Å². The molecule has 198 valence electrons. The van der Waals surface area contributed by atoms with Gasteiger partial charge in [0.2, 0.25) is 0 Å². The minimum Gasteiger partial charge on any atom is -0.339 e. The Kier molecular flexibility index (Phi) is 7.02. The van der Waals surface area contributed by atoms with Crippen molar-refractivity contribution in [2.45, 2.75) is 24.2 Å². The third-order valence-corrected chi connectivity index (χ3v) is 6.64. The summed E-state index contributed by atoms with van der Waals surface area (Å²) in [5, 5.41) is 3.06. The first kappa shape index (κ1) is 26.9. The minimum atomic E-state index is -5.20. The number of nitrogens with one attached hydrogen (secondary N) is 2. The number of pyridine rings is 1. The number of alkyl halides is 6. The Morgan fingerprint density at radius 3 is 2.11 bits per heavy atom. The lowest BCUT2D eigenvalue weighted by molar-refractivity contribution is -0.143. The predicted octanol–water partition coefficient (Wildman–Crippen LogP) is 6.43. The van der Waals surface area contributed by atoms with Gasteiger partial charge in [-0.3, -0.25) is 4.72 Å². The van der Waals surface area contributed by atoms with Crippen molar-refractivity contribution in [3.05, 3.63) is 90.0 Å². The summed E-state index contributed by atoms with van der Waals surface area (Å²) in [4.78, 5) is 11.1. The maximum Gasteiger partial charge on any atom is 0.416 e. The van der Waals surface area contributed by atoms with Crippen LogP contribution in [-0.2, 0) is 22.4 Å². The molecule has 0 unspecified atom stereocenters. The lowest BCUT2D eigenvalue weighted by Crippen LogP contribution is -2.17. The van der Waals surface area contributed by atoms with E-state index >= 15 is 0 Å². The molecule has 0 fully saturated rings. The predicted molar refractivity (Wildman–Crippen MR) is 127 cm³/mol. The van der Waals surface area contributed by atoms with E-state index in [1.165, 1.54) is 36.9 Å². The Hall–Kier alpha value is -4.20. The van der Waals surface area contributed by atoms with E-state index in [2.05, 4.69) is 20.3 Å². The number of nitrogens with zero attached hydrogens (tertiary/aromatic N) is 3. The summed E-state index contributed by atoms with van der Waals surface area (Å²) in [5.74, 6) is 0.363. The van der Waals surface area contributed by atoms with Crippen LogP contribution in [0.5, 0.6) is 0 Å². The van der Waals surface area contributed by atoms with Crippen molar-refractivity contribution in [2.75, 3.05) is 10.0 Å². The monoisotopic (exact) mass is 553 g/mol. The van der Waals surface area contributed by atoms with Crippen molar-refractivity contribution >= 4 is 27.2 Å². The molecular formula is C24H17F6N5O2S. The highest BCUT2D eigenvalue weighted by molar-refractivity contribution is 7.92. The molecule has 2 heterocycles. The third-order valence-electron chi connectivity index (χ3n) is 5.28. The maximum atomic E-state index is 13.2.